The fraction of sp³-hybridized carbons (Fsp3) is 0. The van der Waals surface area contributed by atoms with Gasteiger partial charge in [0.15, 0.2) is 0 Å². The number of hydrogen-bond acceptors (Lipinski definition) is 4. The molecule has 2 rings (SSSR count). The van der Waals surface area contributed by atoms with Crippen LogP contribution in [0.15, 0.2) is 41.0 Å². The van der Waals surface area contributed by atoms with Crippen molar-refractivity contribution in [1.29, 1.82) is 0 Å². The van der Waals surface area contributed by atoms with Crippen LogP contribution in [0.1, 0.15) is 0 Å². The van der Waals surface area contributed by atoms with Crippen molar-refractivity contribution in [2.24, 2.45) is 0 Å². The molecule has 0 spiro atoms. The van der Waals surface area contributed by atoms with E-state index in [-0.39, 0.29) is 15.8 Å². The van der Waals surface area contributed by atoms with Gasteiger partial charge < -0.3 is 5.32 Å². The van der Waals surface area contributed by atoms with Gasteiger partial charge in [-0.15, -0.1) is 0 Å². The van der Waals surface area contributed by atoms with Crippen molar-refractivity contribution in [2.75, 3.05) is 5.32 Å². The maximum Gasteiger partial charge on any atom is 0.294 e. The van der Waals surface area contributed by atoms with E-state index in [1.807, 2.05) is 0 Å². The molecule has 2 aromatic rings. The summed E-state index contributed by atoms with van der Waals surface area (Å²) < 4.78 is 13.4. The highest BCUT2D eigenvalue weighted by Gasteiger charge is 2.20. The molecular formula is C11H7BrFN3O2. The van der Waals surface area contributed by atoms with Gasteiger partial charge in [0.05, 0.1) is 9.40 Å². The summed E-state index contributed by atoms with van der Waals surface area (Å²) in [7, 11) is 0. The van der Waals surface area contributed by atoms with Gasteiger partial charge in [0.25, 0.3) is 5.69 Å². The Bertz CT molecular complexity index is 592. The fourth-order valence-electron chi connectivity index (χ4n) is 1.38. The summed E-state index contributed by atoms with van der Waals surface area (Å²) in [5.41, 5.74) is -0.187. The molecule has 7 heteroatoms. The summed E-state index contributed by atoms with van der Waals surface area (Å²) in [6.45, 7) is 0. The zero-order valence-electron chi connectivity index (χ0n) is 8.93. The molecule has 0 radical (unpaired) electrons. The molecule has 0 amide bonds. The van der Waals surface area contributed by atoms with Crippen molar-refractivity contribution in [2.45, 2.75) is 0 Å². The Balaban J connectivity index is 2.48. The van der Waals surface area contributed by atoms with Crippen molar-refractivity contribution in [3.8, 4) is 0 Å². The largest absolute Gasteiger partial charge is 0.334 e. The predicted octanol–water partition coefficient (Wildman–Crippen LogP) is 3.64. The molecule has 0 atom stereocenters. The smallest absolute Gasteiger partial charge is 0.294 e. The van der Waals surface area contributed by atoms with E-state index in [4.69, 9.17) is 0 Å². The van der Waals surface area contributed by atoms with Crippen molar-refractivity contribution in [1.82, 2.24) is 4.98 Å². The maximum atomic E-state index is 13.4. The first-order valence-electron chi connectivity index (χ1n) is 4.90. The SMILES string of the molecule is O=[N+]([O-])c1ccc(F)c(Br)c1Nc1ccccn1. The zero-order valence-corrected chi connectivity index (χ0v) is 10.5. The molecule has 5 nitrogen and oxygen atoms in total. The van der Waals surface area contributed by atoms with E-state index in [0.717, 1.165) is 12.1 Å². The van der Waals surface area contributed by atoms with Gasteiger partial charge in [-0.3, -0.25) is 10.1 Å². The van der Waals surface area contributed by atoms with Crippen LogP contribution < -0.4 is 5.32 Å². The lowest BCUT2D eigenvalue weighted by Crippen LogP contribution is -2.00. The van der Waals surface area contributed by atoms with Crippen LogP contribution in [0.2, 0.25) is 0 Å². The van der Waals surface area contributed by atoms with Gasteiger partial charge >= 0.3 is 0 Å². The Morgan fingerprint density at radius 3 is 2.72 bits per heavy atom. The molecule has 0 aliphatic rings. The minimum Gasteiger partial charge on any atom is -0.334 e. The van der Waals surface area contributed by atoms with Crippen molar-refractivity contribution in [3.63, 3.8) is 0 Å². The summed E-state index contributed by atoms with van der Waals surface area (Å²) >= 11 is 2.99. The Morgan fingerprint density at radius 2 is 2.11 bits per heavy atom. The third-order valence-corrected chi connectivity index (χ3v) is 2.96. The summed E-state index contributed by atoms with van der Waals surface area (Å²) in [6.07, 6.45) is 1.53. The molecule has 18 heavy (non-hydrogen) atoms. The van der Waals surface area contributed by atoms with E-state index < -0.39 is 10.7 Å². The van der Waals surface area contributed by atoms with Crippen molar-refractivity contribution in [3.05, 3.63) is 56.9 Å². The van der Waals surface area contributed by atoms with Gasteiger partial charge in [-0.25, -0.2) is 9.37 Å². The highest BCUT2D eigenvalue weighted by Crippen LogP contribution is 2.36. The number of anilines is 2. The highest BCUT2D eigenvalue weighted by molar-refractivity contribution is 9.10. The first kappa shape index (κ1) is 12.4. The Labute approximate surface area is 110 Å². The zero-order chi connectivity index (χ0) is 13.1. The standard InChI is InChI=1S/C11H7BrFN3O2/c12-10-7(13)4-5-8(16(17)18)11(10)15-9-3-1-2-6-14-9/h1-6H,(H,14,15). The predicted molar refractivity (Wildman–Crippen MR) is 68.3 cm³/mol. The van der Waals surface area contributed by atoms with Crippen LogP contribution in [0.4, 0.5) is 21.6 Å². The molecule has 92 valence electrons. The van der Waals surface area contributed by atoms with Crippen LogP contribution in [0.3, 0.4) is 0 Å². The van der Waals surface area contributed by atoms with E-state index in [2.05, 4.69) is 26.2 Å². The van der Waals surface area contributed by atoms with E-state index in [0.29, 0.717) is 5.82 Å². The highest BCUT2D eigenvalue weighted by atomic mass is 79.9. The van der Waals surface area contributed by atoms with Gasteiger partial charge in [0.1, 0.15) is 17.3 Å². The summed E-state index contributed by atoms with van der Waals surface area (Å²) in [5, 5.41) is 13.6. The van der Waals surface area contributed by atoms with Crippen molar-refractivity contribution < 1.29 is 9.31 Å². The summed E-state index contributed by atoms with van der Waals surface area (Å²) in [6, 6.07) is 7.19. The summed E-state index contributed by atoms with van der Waals surface area (Å²) in [5.74, 6) is -0.189. The van der Waals surface area contributed by atoms with Crippen LogP contribution in [0.25, 0.3) is 0 Å². The molecule has 1 heterocycles. The lowest BCUT2D eigenvalue weighted by Gasteiger charge is -2.08. The third-order valence-electron chi connectivity index (χ3n) is 2.19. The van der Waals surface area contributed by atoms with E-state index in [1.165, 1.54) is 6.20 Å². The number of nitro groups is 1. The fourth-order valence-corrected chi connectivity index (χ4v) is 1.81. The Morgan fingerprint density at radius 1 is 1.33 bits per heavy atom. The first-order valence-corrected chi connectivity index (χ1v) is 5.69. The molecule has 0 saturated heterocycles. The lowest BCUT2D eigenvalue weighted by molar-refractivity contribution is -0.384. The molecular weight excluding hydrogens is 305 g/mol. The number of pyridine rings is 1. The Kier molecular flexibility index (Phi) is 3.52. The monoisotopic (exact) mass is 311 g/mol. The number of hydrogen-bond donors (Lipinski definition) is 1. The number of halogens is 2. The number of nitrogens with one attached hydrogen (secondary N) is 1. The van der Waals surface area contributed by atoms with Gasteiger partial charge in [0.2, 0.25) is 0 Å². The molecule has 1 aromatic heterocycles. The summed E-state index contributed by atoms with van der Waals surface area (Å²) in [4.78, 5) is 14.3. The molecule has 1 N–H and O–H groups in total. The second kappa shape index (κ2) is 5.09. The average Bonchev–Trinajstić information content (AvgIpc) is 2.36. The maximum absolute atomic E-state index is 13.4. The number of nitrogens with zero attached hydrogens (tertiary/aromatic N) is 2. The number of benzene rings is 1. The van der Waals surface area contributed by atoms with Crippen LogP contribution in [-0.2, 0) is 0 Å². The second-order valence-corrected chi connectivity index (χ2v) is 4.15. The normalized spacial score (nSPS) is 10.1. The van der Waals surface area contributed by atoms with Crippen LogP contribution >= 0.6 is 15.9 Å². The van der Waals surface area contributed by atoms with Crippen LogP contribution in [0, 0.1) is 15.9 Å². The van der Waals surface area contributed by atoms with E-state index in [1.54, 1.807) is 18.2 Å². The molecule has 0 aliphatic carbocycles. The molecule has 0 unspecified atom stereocenters. The van der Waals surface area contributed by atoms with E-state index >= 15 is 0 Å². The average molecular weight is 312 g/mol. The minimum absolute atomic E-state index is 0.00218. The Hall–Kier alpha value is -2.02. The van der Waals surface area contributed by atoms with Gasteiger partial charge in [-0.1, -0.05) is 6.07 Å². The molecule has 0 bridgehead atoms. The van der Waals surface area contributed by atoms with Crippen LogP contribution in [-0.4, -0.2) is 9.91 Å². The molecule has 0 fully saturated rings. The third kappa shape index (κ3) is 2.45. The lowest BCUT2D eigenvalue weighted by atomic mass is 10.2. The number of aromatic nitrogens is 1. The molecule has 0 aliphatic heterocycles. The van der Waals surface area contributed by atoms with Crippen LogP contribution in [0.5, 0.6) is 0 Å². The van der Waals surface area contributed by atoms with E-state index in [9.17, 15) is 14.5 Å². The number of nitro benzene ring substituents is 1. The molecule has 0 saturated carbocycles. The minimum atomic E-state index is -0.588. The second-order valence-electron chi connectivity index (χ2n) is 3.35. The number of rotatable bonds is 3. The van der Waals surface area contributed by atoms with Gasteiger partial charge in [0, 0.05) is 12.3 Å². The van der Waals surface area contributed by atoms with Gasteiger partial charge in [-0.05, 0) is 34.1 Å². The van der Waals surface area contributed by atoms with Gasteiger partial charge in [-0.2, -0.15) is 0 Å². The topological polar surface area (TPSA) is 68.1 Å². The molecule has 1 aromatic carbocycles. The van der Waals surface area contributed by atoms with Crippen molar-refractivity contribution >= 4 is 33.1 Å². The first-order chi connectivity index (χ1) is 8.59. The quantitative estimate of drug-likeness (QED) is 0.694.